The monoisotopic (exact) mass is 296 g/mol. The number of hydrogen-bond acceptors (Lipinski definition) is 3. The first-order valence-corrected chi connectivity index (χ1v) is 7.63. The molecule has 2 amide bonds. The maximum atomic E-state index is 12.5. The van der Waals surface area contributed by atoms with Crippen molar-refractivity contribution in [1.29, 1.82) is 0 Å². The molecule has 2 rings (SSSR count). The van der Waals surface area contributed by atoms with E-state index >= 15 is 0 Å². The summed E-state index contributed by atoms with van der Waals surface area (Å²) in [6.45, 7) is 3.80. The highest BCUT2D eigenvalue weighted by molar-refractivity contribution is 5.89. The van der Waals surface area contributed by atoms with E-state index in [1.165, 1.54) is 0 Å². The van der Waals surface area contributed by atoms with Gasteiger partial charge in [0.05, 0.1) is 5.92 Å². The standard InChI is InChI=1S/C15H24N2O4/c1-10(6-14(19)20)11-4-3-5-17(9-11)15(21)12-7-13(18)16(2)8-12/h10-12H,3-9H2,1-2H3,(H,19,20). The Bertz CT molecular complexity index is 437. The quantitative estimate of drug-likeness (QED) is 0.833. The molecule has 2 saturated heterocycles. The van der Waals surface area contributed by atoms with Crippen LogP contribution in [0, 0.1) is 17.8 Å². The van der Waals surface area contributed by atoms with Crippen LogP contribution in [0.5, 0.6) is 0 Å². The number of amides is 2. The van der Waals surface area contributed by atoms with E-state index in [-0.39, 0.29) is 36.0 Å². The molecule has 6 heteroatoms. The number of carbonyl (C=O) groups is 3. The number of carbonyl (C=O) groups excluding carboxylic acids is 2. The maximum absolute atomic E-state index is 12.5. The van der Waals surface area contributed by atoms with Crippen LogP contribution in [0.2, 0.25) is 0 Å². The van der Waals surface area contributed by atoms with Gasteiger partial charge in [-0.15, -0.1) is 0 Å². The van der Waals surface area contributed by atoms with Gasteiger partial charge >= 0.3 is 5.97 Å². The fourth-order valence-corrected chi connectivity index (χ4v) is 3.40. The van der Waals surface area contributed by atoms with Crippen molar-refractivity contribution < 1.29 is 19.5 Å². The van der Waals surface area contributed by atoms with E-state index in [9.17, 15) is 14.4 Å². The third-order valence-electron chi connectivity index (χ3n) is 4.76. The van der Waals surface area contributed by atoms with Crippen molar-refractivity contribution in [3.63, 3.8) is 0 Å². The Labute approximate surface area is 125 Å². The van der Waals surface area contributed by atoms with Gasteiger partial charge in [0.15, 0.2) is 0 Å². The van der Waals surface area contributed by atoms with Crippen LogP contribution in [0.25, 0.3) is 0 Å². The molecular weight excluding hydrogens is 272 g/mol. The number of aliphatic carboxylic acids is 1. The SMILES string of the molecule is CC(CC(=O)O)C1CCCN(C(=O)C2CC(=O)N(C)C2)C1. The third kappa shape index (κ3) is 3.74. The fourth-order valence-electron chi connectivity index (χ4n) is 3.40. The number of hydrogen-bond donors (Lipinski definition) is 1. The first kappa shape index (κ1) is 15.8. The lowest BCUT2D eigenvalue weighted by Gasteiger charge is -2.36. The second kappa shape index (κ2) is 6.45. The highest BCUT2D eigenvalue weighted by atomic mass is 16.4. The van der Waals surface area contributed by atoms with Crippen LogP contribution in [-0.4, -0.2) is 59.4 Å². The number of likely N-dealkylation sites (tertiary alicyclic amines) is 2. The zero-order chi connectivity index (χ0) is 15.6. The molecular formula is C15H24N2O4. The highest BCUT2D eigenvalue weighted by Gasteiger charge is 2.37. The molecule has 0 spiro atoms. The Kier molecular flexibility index (Phi) is 4.85. The van der Waals surface area contributed by atoms with Crippen molar-refractivity contribution in [2.75, 3.05) is 26.7 Å². The van der Waals surface area contributed by atoms with Gasteiger partial charge in [-0.25, -0.2) is 0 Å². The lowest BCUT2D eigenvalue weighted by Crippen LogP contribution is -2.45. The summed E-state index contributed by atoms with van der Waals surface area (Å²) in [5.41, 5.74) is 0. The molecule has 6 nitrogen and oxygen atoms in total. The summed E-state index contributed by atoms with van der Waals surface area (Å²) in [7, 11) is 1.73. The van der Waals surface area contributed by atoms with E-state index in [2.05, 4.69) is 0 Å². The molecule has 0 aliphatic carbocycles. The Morgan fingerprint density at radius 3 is 2.67 bits per heavy atom. The van der Waals surface area contributed by atoms with E-state index < -0.39 is 5.97 Å². The van der Waals surface area contributed by atoms with Crippen molar-refractivity contribution in [3.05, 3.63) is 0 Å². The van der Waals surface area contributed by atoms with Crippen LogP contribution < -0.4 is 0 Å². The summed E-state index contributed by atoms with van der Waals surface area (Å²) in [5, 5.41) is 8.90. The molecule has 21 heavy (non-hydrogen) atoms. The summed E-state index contributed by atoms with van der Waals surface area (Å²) in [4.78, 5) is 38.3. The van der Waals surface area contributed by atoms with Crippen LogP contribution in [0.1, 0.15) is 32.6 Å². The normalized spacial score (nSPS) is 27.8. The van der Waals surface area contributed by atoms with Gasteiger partial charge in [-0.3, -0.25) is 14.4 Å². The average molecular weight is 296 g/mol. The molecule has 118 valence electrons. The van der Waals surface area contributed by atoms with Gasteiger partial charge in [-0.2, -0.15) is 0 Å². The molecule has 2 aliphatic rings. The third-order valence-corrected chi connectivity index (χ3v) is 4.76. The molecule has 2 aliphatic heterocycles. The van der Waals surface area contributed by atoms with Crippen molar-refractivity contribution in [3.8, 4) is 0 Å². The second-order valence-corrected chi connectivity index (χ2v) is 6.44. The van der Waals surface area contributed by atoms with E-state index in [4.69, 9.17) is 5.11 Å². The minimum Gasteiger partial charge on any atom is -0.481 e. The molecule has 3 unspecified atom stereocenters. The van der Waals surface area contributed by atoms with Gasteiger partial charge < -0.3 is 14.9 Å². The van der Waals surface area contributed by atoms with Crippen LogP contribution in [0.15, 0.2) is 0 Å². The minimum absolute atomic E-state index is 0.0288. The number of rotatable bonds is 4. The molecule has 0 radical (unpaired) electrons. The maximum Gasteiger partial charge on any atom is 0.303 e. The average Bonchev–Trinajstić information content (AvgIpc) is 2.77. The Morgan fingerprint density at radius 1 is 1.38 bits per heavy atom. The van der Waals surface area contributed by atoms with E-state index in [1.54, 1.807) is 11.9 Å². The molecule has 0 aromatic rings. The van der Waals surface area contributed by atoms with Gasteiger partial charge in [0, 0.05) is 39.5 Å². The van der Waals surface area contributed by atoms with Gasteiger partial charge in [0.2, 0.25) is 11.8 Å². The van der Waals surface area contributed by atoms with Crippen molar-refractivity contribution in [2.24, 2.45) is 17.8 Å². The zero-order valence-electron chi connectivity index (χ0n) is 12.7. The van der Waals surface area contributed by atoms with Crippen LogP contribution in [-0.2, 0) is 14.4 Å². The van der Waals surface area contributed by atoms with Gasteiger partial charge in [0.1, 0.15) is 0 Å². The summed E-state index contributed by atoms with van der Waals surface area (Å²) < 4.78 is 0. The number of nitrogens with zero attached hydrogens (tertiary/aromatic N) is 2. The van der Waals surface area contributed by atoms with E-state index in [0.717, 1.165) is 19.4 Å². The fraction of sp³-hybridized carbons (Fsp3) is 0.800. The van der Waals surface area contributed by atoms with Gasteiger partial charge in [-0.05, 0) is 24.7 Å². The van der Waals surface area contributed by atoms with Crippen LogP contribution in [0.3, 0.4) is 0 Å². The van der Waals surface area contributed by atoms with Crippen molar-refractivity contribution in [2.45, 2.75) is 32.6 Å². The molecule has 2 heterocycles. The smallest absolute Gasteiger partial charge is 0.303 e. The largest absolute Gasteiger partial charge is 0.481 e. The van der Waals surface area contributed by atoms with Gasteiger partial charge in [-0.1, -0.05) is 6.92 Å². The van der Waals surface area contributed by atoms with Crippen LogP contribution in [0.4, 0.5) is 0 Å². The van der Waals surface area contributed by atoms with E-state index in [0.29, 0.717) is 19.5 Å². The Hall–Kier alpha value is -1.59. The molecule has 0 aromatic carbocycles. The number of carboxylic acids is 1. The van der Waals surface area contributed by atoms with Crippen LogP contribution >= 0.6 is 0 Å². The second-order valence-electron chi connectivity index (χ2n) is 6.44. The zero-order valence-corrected chi connectivity index (χ0v) is 12.7. The Balaban J connectivity index is 1.93. The molecule has 0 aromatic heterocycles. The first-order chi connectivity index (χ1) is 9.88. The molecule has 2 fully saturated rings. The summed E-state index contributed by atoms with van der Waals surface area (Å²) in [5.74, 6) is -0.606. The predicted octanol–water partition coefficient (Wildman–Crippen LogP) is 0.814. The van der Waals surface area contributed by atoms with Gasteiger partial charge in [0.25, 0.3) is 0 Å². The predicted molar refractivity (Wildman–Crippen MR) is 76.5 cm³/mol. The summed E-state index contributed by atoms with van der Waals surface area (Å²) >= 11 is 0. The summed E-state index contributed by atoms with van der Waals surface area (Å²) in [6.07, 6.45) is 2.34. The Morgan fingerprint density at radius 2 is 2.10 bits per heavy atom. The number of carboxylic acid groups (broad SMARTS) is 1. The van der Waals surface area contributed by atoms with Crippen molar-refractivity contribution in [1.82, 2.24) is 9.80 Å². The molecule has 0 saturated carbocycles. The molecule has 3 atom stereocenters. The molecule has 0 bridgehead atoms. The van der Waals surface area contributed by atoms with E-state index in [1.807, 2.05) is 11.8 Å². The minimum atomic E-state index is -0.783. The lowest BCUT2D eigenvalue weighted by molar-refractivity contribution is -0.139. The summed E-state index contributed by atoms with van der Waals surface area (Å²) in [6, 6.07) is 0. The first-order valence-electron chi connectivity index (χ1n) is 7.63. The highest BCUT2D eigenvalue weighted by Crippen LogP contribution is 2.28. The molecule has 1 N–H and O–H groups in total. The lowest BCUT2D eigenvalue weighted by atomic mass is 9.84. The topological polar surface area (TPSA) is 77.9 Å². The number of piperidine rings is 1. The van der Waals surface area contributed by atoms with Crippen molar-refractivity contribution >= 4 is 17.8 Å².